The van der Waals surface area contributed by atoms with Crippen molar-refractivity contribution in [1.82, 2.24) is 5.32 Å². The monoisotopic (exact) mass is 290 g/mol. The Morgan fingerprint density at radius 1 is 1.35 bits per heavy atom. The van der Waals surface area contributed by atoms with Gasteiger partial charge in [-0.1, -0.05) is 13.0 Å². The average Bonchev–Trinajstić information content (AvgIpc) is 2.35. The van der Waals surface area contributed by atoms with Crippen LogP contribution in [-0.4, -0.2) is 31.8 Å². The molecule has 0 aliphatic carbocycles. The molecule has 7 heteroatoms. The minimum Gasteiger partial charge on any atom is -0.494 e. The lowest BCUT2D eigenvalue weighted by atomic mass is 10.3. The summed E-state index contributed by atoms with van der Waals surface area (Å²) in [6, 6.07) is 6.70. The van der Waals surface area contributed by atoms with Gasteiger partial charge in [0.05, 0.1) is 19.7 Å². The number of hydrogen-bond acceptors (Lipinski definition) is 3. The van der Waals surface area contributed by atoms with E-state index in [-0.39, 0.29) is 0 Å². The second-order valence-electron chi connectivity index (χ2n) is 4.14. The van der Waals surface area contributed by atoms with Crippen molar-refractivity contribution in [2.45, 2.75) is 19.5 Å². The molecule has 20 heavy (non-hydrogen) atoms. The number of anilines is 1. The fourth-order valence-corrected chi connectivity index (χ4v) is 1.41. The fourth-order valence-electron chi connectivity index (χ4n) is 1.41. The van der Waals surface area contributed by atoms with Crippen molar-refractivity contribution in [2.75, 3.05) is 25.0 Å². The number of ether oxygens (including phenoxy) is 1. The fraction of sp³-hybridized carbons (Fsp3) is 0.462. The van der Waals surface area contributed by atoms with Gasteiger partial charge in [0, 0.05) is 11.8 Å². The van der Waals surface area contributed by atoms with Crippen molar-refractivity contribution in [1.29, 1.82) is 0 Å². The maximum atomic E-state index is 11.9. The van der Waals surface area contributed by atoms with Crippen LogP contribution in [0.15, 0.2) is 24.3 Å². The second kappa shape index (κ2) is 7.74. The SMILES string of the molecule is CCCOc1cccc(NC(=O)CNCC(F)(F)F)c1. The van der Waals surface area contributed by atoms with Crippen LogP contribution in [0.25, 0.3) is 0 Å². The highest BCUT2D eigenvalue weighted by Gasteiger charge is 2.26. The van der Waals surface area contributed by atoms with Crippen molar-refractivity contribution in [3.8, 4) is 5.75 Å². The molecule has 0 heterocycles. The molecule has 0 spiro atoms. The Bertz CT molecular complexity index is 436. The Kier molecular flexibility index (Phi) is 6.30. The van der Waals surface area contributed by atoms with Crippen LogP contribution in [0.3, 0.4) is 0 Å². The summed E-state index contributed by atoms with van der Waals surface area (Å²) >= 11 is 0. The maximum absolute atomic E-state index is 11.9. The van der Waals surface area contributed by atoms with Crippen LogP contribution >= 0.6 is 0 Å². The van der Waals surface area contributed by atoms with E-state index >= 15 is 0 Å². The first-order valence-electron chi connectivity index (χ1n) is 6.21. The topological polar surface area (TPSA) is 50.4 Å². The van der Waals surface area contributed by atoms with E-state index in [4.69, 9.17) is 4.74 Å². The number of amides is 1. The van der Waals surface area contributed by atoms with Gasteiger partial charge in [-0.3, -0.25) is 4.79 Å². The lowest BCUT2D eigenvalue weighted by Gasteiger charge is -2.10. The number of nitrogens with one attached hydrogen (secondary N) is 2. The Labute approximate surface area is 115 Å². The van der Waals surface area contributed by atoms with Crippen LogP contribution in [0.1, 0.15) is 13.3 Å². The molecule has 112 valence electrons. The smallest absolute Gasteiger partial charge is 0.401 e. The molecule has 2 N–H and O–H groups in total. The third-order valence-corrected chi connectivity index (χ3v) is 2.20. The lowest BCUT2D eigenvalue weighted by molar-refractivity contribution is -0.126. The largest absolute Gasteiger partial charge is 0.494 e. The molecule has 1 rings (SSSR count). The zero-order chi connectivity index (χ0) is 15.0. The number of rotatable bonds is 7. The van der Waals surface area contributed by atoms with Crippen LogP contribution in [0, 0.1) is 0 Å². The first-order chi connectivity index (χ1) is 9.40. The van der Waals surface area contributed by atoms with Gasteiger partial charge in [-0.15, -0.1) is 0 Å². The molecule has 0 fully saturated rings. The Morgan fingerprint density at radius 2 is 2.10 bits per heavy atom. The first kappa shape index (κ1) is 16.3. The summed E-state index contributed by atoms with van der Waals surface area (Å²) in [5, 5.41) is 4.52. The van der Waals surface area contributed by atoms with Crippen molar-refractivity contribution in [3.05, 3.63) is 24.3 Å². The first-order valence-corrected chi connectivity index (χ1v) is 6.21. The summed E-state index contributed by atoms with van der Waals surface area (Å²) in [7, 11) is 0. The van der Waals surface area contributed by atoms with E-state index in [1.165, 1.54) is 0 Å². The van der Waals surface area contributed by atoms with E-state index < -0.39 is 25.2 Å². The minimum atomic E-state index is -4.33. The number of benzene rings is 1. The molecule has 0 atom stereocenters. The van der Waals surface area contributed by atoms with Crippen molar-refractivity contribution in [2.24, 2.45) is 0 Å². The summed E-state index contributed by atoms with van der Waals surface area (Å²) in [4.78, 5) is 11.4. The molecule has 0 bridgehead atoms. The minimum absolute atomic E-state index is 0.403. The highest BCUT2D eigenvalue weighted by Crippen LogP contribution is 2.17. The molecule has 0 saturated heterocycles. The molecule has 0 saturated carbocycles. The number of hydrogen-bond donors (Lipinski definition) is 2. The number of alkyl halides is 3. The normalized spacial score (nSPS) is 11.2. The Balaban J connectivity index is 2.41. The second-order valence-corrected chi connectivity index (χ2v) is 4.14. The van der Waals surface area contributed by atoms with E-state index in [1.54, 1.807) is 24.3 Å². The van der Waals surface area contributed by atoms with Gasteiger partial charge in [0.25, 0.3) is 0 Å². The zero-order valence-corrected chi connectivity index (χ0v) is 11.1. The summed E-state index contributed by atoms with van der Waals surface area (Å²) in [6.07, 6.45) is -3.47. The van der Waals surface area contributed by atoms with Gasteiger partial charge >= 0.3 is 6.18 Å². The van der Waals surface area contributed by atoms with Gasteiger partial charge < -0.3 is 15.4 Å². The van der Waals surface area contributed by atoms with E-state index in [0.29, 0.717) is 18.0 Å². The van der Waals surface area contributed by atoms with Gasteiger partial charge in [0.15, 0.2) is 0 Å². The number of carbonyl (C=O) groups is 1. The molecule has 0 radical (unpaired) electrons. The number of halogens is 3. The predicted octanol–water partition coefficient (Wildman–Crippen LogP) is 2.57. The van der Waals surface area contributed by atoms with Crippen molar-refractivity contribution in [3.63, 3.8) is 0 Å². The molecule has 1 aromatic carbocycles. The standard InChI is InChI=1S/C13H17F3N2O2/c1-2-6-20-11-5-3-4-10(7-11)18-12(19)8-17-9-13(14,15)16/h3-5,7,17H,2,6,8-9H2,1H3,(H,18,19). The summed E-state index contributed by atoms with van der Waals surface area (Å²) in [5.41, 5.74) is 0.484. The van der Waals surface area contributed by atoms with E-state index in [1.807, 2.05) is 12.2 Å². The van der Waals surface area contributed by atoms with Gasteiger partial charge in [0.1, 0.15) is 5.75 Å². The van der Waals surface area contributed by atoms with Crippen LogP contribution in [0.5, 0.6) is 5.75 Å². The molecule has 1 amide bonds. The average molecular weight is 290 g/mol. The summed E-state index contributed by atoms with van der Waals surface area (Å²) in [6.45, 7) is 0.933. The predicted molar refractivity (Wildman–Crippen MR) is 69.8 cm³/mol. The van der Waals surface area contributed by atoms with Crippen molar-refractivity contribution >= 4 is 11.6 Å². The van der Waals surface area contributed by atoms with Crippen LogP contribution in [0.2, 0.25) is 0 Å². The zero-order valence-electron chi connectivity index (χ0n) is 11.1. The molecular weight excluding hydrogens is 273 g/mol. The Hall–Kier alpha value is -1.76. The van der Waals surface area contributed by atoms with Gasteiger partial charge in [-0.2, -0.15) is 13.2 Å². The summed E-state index contributed by atoms with van der Waals surface area (Å²) in [5.74, 6) is 0.0646. The van der Waals surface area contributed by atoms with E-state index in [2.05, 4.69) is 5.32 Å². The quantitative estimate of drug-likeness (QED) is 0.811. The van der Waals surface area contributed by atoms with Crippen molar-refractivity contribution < 1.29 is 22.7 Å². The molecule has 0 aliphatic heterocycles. The third kappa shape index (κ3) is 6.98. The highest BCUT2D eigenvalue weighted by molar-refractivity contribution is 5.92. The molecular formula is C13H17F3N2O2. The lowest BCUT2D eigenvalue weighted by Crippen LogP contribution is -2.35. The van der Waals surface area contributed by atoms with Gasteiger partial charge in [-0.25, -0.2) is 0 Å². The van der Waals surface area contributed by atoms with Crippen LogP contribution < -0.4 is 15.4 Å². The van der Waals surface area contributed by atoms with Gasteiger partial charge in [-0.05, 0) is 18.6 Å². The molecule has 4 nitrogen and oxygen atoms in total. The van der Waals surface area contributed by atoms with Gasteiger partial charge in [0.2, 0.25) is 5.91 Å². The third-order valence-electron chi connectivity index (χ3n) is 2.20. The van der Waals surface area contributed by atoms with E-state index in [9.17, 15) is 18.0 Å². The molecule has 0 unspecified atom stereocenters. The Morgan fingerprint density at radius 3 is 2.75 bits per heavy atom. The maximum Gasteiger partial charge on any atom is 0.401 e. The summed E-state index contributed by atoms with van der Waals surface area (Å²) < 4.78 is 41.1. The molecule has 0 aliphatic rings. The van der Waals surface area contributed by atoms with Crippen LogP contribution in [-0.2, 0) is 4.79 Å². The highest BCUT2D eigenvalue weighted by atomic mass is 19.4. The molecule has 0 aromatic heterocycles. The molecule has 1 aromatic rings. The van der Waals surface area contributed by atoms with E-state index in [0.717, 1.165) is 6.42 Å². The van der Waals surface area contributed by atoms with Crippen LogP contribution in [0.4, 0.5) is 18.9 Å². The number of carbonyl (C=O) groups excluding carboxylic acids is 1.